The molecule has 0 aliphatic heterocycles. The molecule has 0 heterocycles. The van der Waals surface area contributed by atoms with Crippen LogP contribution >= 0.6 is 12.4 Å². The first-order valence-corrected chi connectivity index (χ1v) is 8.75. The topological polar surface area (TPSA) is 73.6 Å². The van der Waals surface area contributed by atoms with Crippen molar-refractivity contribution in [3.05, 3.63) is 23.8 Å². The number of amides is 1. The fraction of sp³-hybridized carbons (Fsp3) is 0.632. The van der Waals surface area contributed by atoms with Crippen LogP contribution in [0.15, 0.2) is 18.2 Å². The van der Waals surface area contributed by atoms with Gasteiger partial charge in [0.1, 0.15) is 11.5 Å². The minimum Gasteiger partial charge on any atom is -0.497 e. The highest BCUT2D eigenvalue weighted by Crippen LogP contribution is 2.38. The molecule has 0 radical (unpaired) electrons. The van der Waals surface area contributed by atoms with Gasteiger partial charge in [0.05, 0.1) is 20.3 Å². The van der Waals surface area contributed by atoms with E-state index in [1.807, 2.05) is 25.1 Å². The zero-order chi connectivity index (χ0) is 17.6. The van der Waals surface area contributed by atoms with Crippen LogP contribution in [0, 0.1) is 5.41 Å². The molecule has 1 atom stereocenters. The molecule has 25 heavy (non-hydrogen) atoms. The smallest absolute Gasteiger partial charge is 0.221 e. The summed E-state index contributed by atoms with van der Waals surface area (Å²) < 4.78 is 10.7. The van der Waals surface area contributed by atoms with Crippen molar-refractivity contribution in [2.45, 2.75) is 51.5 Å². The lowest BCUT2D eigenvalue weighted by atomic mass is 9.71. The van der Waals surface area contributed by atoms with Crippen molar-refractivity contribution in [1.82, 2.24) is 5.32 Å². The summed E-state index contributed by atoms with van der Waals surface area (Å²) in [6.45, 7) is 2.54. The number of methoxy groups -OCH3 is 2. The van der Waals surface area contributed by atoms with Crippen molar-refractivity contribution in [1.29, 1.82) is 0 Å². The Morgan fingerprint density at radius 3 is 2.48 bits per heavy atom. The number of nitrogens with one attached hydrogen (secondary N) is 1. The lowest BCUT2D eigenvalue weighted by molar-refractivity contribution is -0.124. The Morgan fingerprint density at radius 2 is 1.92 bits per heavy atom. The highest BCUT2D eigenvalue weighted by Gasteiger charge is 2.33. The number of hydrogen-bond acceptors (Lipinski definition) is 4. The molecule has 1 unspecified atom stereocenters. The minimum absolute atomic E-state index is 0. The normalized spacial score (nSPS) is 17.1. The Balaban J connectivity index is 0.00000312. The van der Waals surface area contributed by atoms with Gasteiger partial charge in [-0.2, -0.15) is 0 Å². The van der Waals surface area contributed by atoms with Crippen LogP contribution in [0.2, 0.25) is 0 Å². The summed E-state index contributed by atoms with van der Waals surface area (Å²) in [6, 6.07) is 5.46. The van der Waals surface area contributed by atoms with E-state index in [2.05, 4.69) is 5.32 Å². The molecule has 0 aromatic heterocycles. The van der Waals surface area contributed by atoms with E-state index in [1.54, 1.807) is 14.2 Å². The fourth-order valence-electron chi connectivity index (χ4n) is 3.64. The molecule has 1 aliphatic carbocycles. The van der Waals surface area contributed by atoms with Gasteiger partial charge in [-0.25, -0.2) is 0 Å². The maximum atomic E-state index is 12.6. The molecular formula is C19H31ClN2O3. The summed E-state index contributed by atoms with van der Waals surface area (Å²) in [5.74, 6) is 1.55. The van der Waals surface area contributed by atoms with Gasteiger partial charge in [0.2, 0.25) is 5.91 Å². The molecule has 1 fully saturated rings. The molecular weight excluding hydrogens is 340 g/mol. The Morgan fingerprint density at radius 1 is 1.24 bits per heavy atom. The summed E-state index contributed by atoms with van der Waals surface area (Å²) >= 11 is 0. The number of rotatable bonds is 7. The van der Waals surface area contributed by atoms with Gasteiger partial charge < -0.3 is 20.5 Å². The van der Waals surface area contributed by atoms with Crippen molar-refractivity contribution < 1.29 is 14.3 Å². The third kappa shape index (κ3) is 5.51. The van der Waals surface area contributed by atoms with E-state index in [4.69, 9.17) is 15.2 Å². The monoisotopic (exact) mass is 370 g/mol. The molecule has 1 aromatic carbocycles. The molecule has 142 valence electrons. The summed E-state index contributed by atoms with van der Waals surface area (Å²) in [5, 5.41) is 3.10. The fourth-order valence-corrected chi connectivity index (χ4v) is 3.64. The summed E-state index contributed by atoms with van der Waals surface area (Å²) in [7, 11) is 3.26. The number of nitrogens with two attached hydrogens (primary N) is 1. The average molecular weight is 371 g/mol. The SMILES string of the molecule is COc1ccc(OC)c(C(C)NC(=O)CC2(CN)CCCCC2)c1.Cl. The summed E-state index contributed by atoms with van der Waals surface area (Å²) in [5.41, 5.74) is 6.88. The van der Waals surface area contributed by atoms with Crippen LogP contribution in [0.4, 0.5) is 0 Å². The molecule has 0 spiro atoms. The van der Waals surface area contributed by atoms with Crippen molar-refractivity contribution in [3.8, 4) is 11.5 Å². The van der Waals surface area contributed by atoms with Crippen LogP contribution in [0.5, 0.6) is 11.5 Å². The zero-order valence-electron chi connectivity index (χ0n) is 15.5. The molecule has 6 heteroatoms. The van der Waals surface area contributed by atoms with E-state index >= 15 is 0 Å². The van der Waals surface area contributed by atoms with Crippen molar-refractivity contribution in [2.75, 3.05) is 20.8 Å². The molecule has 0 saturated heterocycles. The number of ether oxygens (including phenoxy) is 2. The Hall–Kier alpha value is -1.46. The van der Waals surface area contributed by atoms with E-state index in [-0.39, 0.29) is 29.8 Å². The molecule has 0 bridgehead atoms. The quantitative estimate of drug-likeness (QED) is 0.769. The van der Waals surface area contributed by atoms with Crippen LogP contribution in [0.1, 0.15) is 57.1 Å². The molecule has 1 aliphatic rings. The second-order valence-corrected chi connectivity index (χ2v) is 6.84. The van der Waals surface area contributed by atoms with Crippen LogP contribution < -0.4 is 20.5 Å². The zero-order valence-corrected chi connectivity index (χ0v) is 16.3. The van der Waals surface area contributed by atoms with Crippen molar-refractivity contribution in [3.63, 3.8) is 0 Å². The lowest BCUT2D eigenvalue weighted by Crippen LogP contribution is -2.39. The second kappa shape index (κ2) is 9.88. The third-order valence-electron chi connectivity index (χ3n) is 5.16. The number of carbonyl (C=O) groups excluding carboxylic acids is 1. The highest BCUT2D eigenvalue weighted by molar-refractivity contribution is 5.85. The number of carbonyl (C=O) groups is 1. The average Bonchev–Trinajstić information content (AvgIpc) is 2.61. The lowest BCUT2D eigenvalue weighted by Gasteiger charge is -2.36. The van der Waals surface area contributed by atoms with Gasteiger partial charge >= 0.3 is 0 Å². The maximum absolute atomic E-state index is 12.6. The summed E-state index contributed by atoms with van der Waals surface area (Å²) in [4.78, 5) is 12.6. The first-order chi connectivity index (χ1) is 11.5. The Labute approximate surface area is 157 Å². The van der Waals surface area contributed by atoms with Crippen LogP contribution in [0.25, 0.3) is 0 Å². The predicted octanol–water partition coefficient (Wildman–Crippen LogP) is 3.60. The van der Waals surface area contributed by atoms with Crippen molar-refractivity contribution in [2.24, 2.45) is 11.1 Å². The van der Waals surface area contributed by atoms with E-state index < -0.39 is 0 Å². The van der Waals surface area contributed by atoms with E-state index in [0.717, 1.165) is 29.9 Å². The third-order valence-corrected chi connectivity index (χ3v) is 5.16. The first-order valence-electron chi connectivity index (χ1n) is 8.75. The summed E-state index contributed by atoms with van der Waals surface area (Å²) in [6.07, 6.45) is 6.19. The van der Waals surface area contributed by atoms with Gasteiger partial charge in [-0.1, -0.05) is 19.3 Å². The second-order valence-electron chi connectivity index (χ2n) is 6.84. The molecule has 5 nitrogen and oxygen atoms in total. The number of halogens is 1. The molecule has 1 amide bonds. The molecule has 1 saturated carbocycles. The minimum atomic E-state index is -0.152. The predicted molar refractivity (Wildman–Crippen MR) is 103 cm³/mol. The number of benzene rings is 1. The van der Waals surface area contributed by atoms with Crippen LogP contribution in [0.3, 0.4) is 0 Å². The van der Waals surface area contributed by atoms with Gasteiger partial charge in [0.25, 0.3) is 0 Å². The van der Waals surface area contributed by atoms with Gasteiger partial charge in [-0.05, 0) is 49.9 Å². The first kappa shape index (κ1) is 21.6. The van der Waals surface area contributed by atoms with Gasteiger partial charge in [-0.15, -0.1) is 12.4 Å². The van der Waals surface area contributed by atoms with Gasteiger partial charge in [-0.3, -0.25) is 4.79 Å². The number of hydrogen-bond donors (Lipinski definition) is 2. The largest absolute Gasteiger partial charge is 0.497 e. The van der Waals surface area contributed by atoms with E-state index in [0.29, 0.717) is 13.0 Å². The standard InChI is InChI=1S/C19H30N2O3.ClH/c1-14(16-11-15(23-2)7-8-17(16)24-3)21-18(22)12-19(13-20)9-5-4-6-10-19;/h7-8,11,14H,4-6,9-10,12-13,20H2,1-3H3,(H,21,22);1H. The van der Waals surface area contributed by atoms with Crippen LogP contribution in [-0.4, -0.2) is 26.7 Å². The van der Waals surface area contributed by atoms with Crippen molar-refractivity contribution >= 4 is 18.3 Å². The molecule has 3 N–H and O–H groups in total. The van der Waals surface area contributed by atoms with E-state index in [9.17, 15) is 4.79 Å². The molecule has 2 rings (SSSR count). The highest BCUT2D eigenvalue weighted by atomic mass is 35.5. The Kier molecular flexibility index (Phi) is 8.53. The van der Waals surface area contributed by atoms with E-state index in [1.165, 1.54) is 19.3 Å². The molecule has 1 aromatic rings. The maximum Gasteiger partial charge on any atom is 0.221 e. The Bertz CT molecular complexity index is 560. The van der Waals surface area contributed by atoms with Crippen LogP contribution in [-0.2, 0) is 4.79 Å². The van der Waals surface area contributed by atoms with Gasteiger partial charge in [0.15, 0.2) is 0 Å². The van der Waals surface area contributed by atoms with Gasteiger partial charge in [0, 0.05) is 12.0 Å².